The lowest BCUT2D eigenvalue weighted by Crippen LogP contribution is -1.78. The van der Waals surface area contributed by atoms with Crippen molar-refractivity contribution in [1.29, 1.82) is 0 Å². The van der Waals surface area contributed by atoms with Crippen LogP contribution in [0.3, 0.4) is 0 Å². The normalized spacial score (nSPS) is 10.0. The summed E-state index contributed by atoms with van der Waals surface area (Å²) < 4.78 is 0. The van der Waals surface area contributed by atoms with Gasteiger partial charge in [0.05, 0.1) is 0 Å². The van der Waals surface area contributed by atoms with Crippen LogP contribution in [0.4, 0.5) is 0 Å². The van der Waals surface area contributed by atoms with Gasteiger partial charge in [-0.2, -0.15) is 0 Å². The summed E-state index contributed by atoms with van der Waals surface area (Å²) in [6.45, 7) is 7.70. The fourth-order valence-electron chi connectivity index (χ4n) is 1.84. The molecule has 2 radical (unpaired) electrons. The Morgan fingerprint density at radius 3 is 1.24 bits per heavy atom. The van der Waals surface area contributed by atoms with Crippen LogP contribution in [0.15, 0.2) is 0 Å². The Morgan fingerprint density at radius 2 is 0.824 bits per heavy atom. The molecule has 0 N–H and O–H groups in total. The molecular formula is C17H30. The molecule has 17 heavy (non-hydrogen) atoms. The molecule has 0 fully saturated rings. The molecule has 0 saturated heterocycles. The largest absolute Gasteiger partial charge is 0.103 e. The van der Waals surface area contributed by atoms with E-state index in [2.05, 4.69) is 25.7 Å². The van der Waals surface area contributed by atoms with E-state index in [4.69, 9.17) is 0 Å². The first-order valence-electron chi connectivity index (χ1n) is 7.46. The quantitative estimate of drug-likeness (QED) is 0.316. The monoisotopic (exact) mass is 234 g/mol. The Labute approximate surface area is 110 Å². The van der Waals surface area contributed by atoms with Crippen LogP contribution < -0.4 is 0 Å². The summed E-state index contributed by atoms with van der Waals surface area (Å²) in [6.07, 6.45) is 16.2. The minimum atomic E-state index is 1.08. The summed E-state index contributed by atoms with van der Waals surface area (Å²) in [5, 5.41) is 0. The van der Waals surface area contributed by atoms with E-state index in [0.717, 1.165) is 25.7 Å². The molecule has 98 valence electrons. The maximum absolute atomic E-state index is 3.85. The van der Waals surface area contributed by atoms with E-state index in [1.165, 1.54) is 57.8 Å². The lowest BCUT2D eigenvalue weighted by atomic mass is 10.1. The van der Waals surface area contributed by atoms with Crippen molar-refractivity contribution in [3.05, 3.63) is 13.8 Å². The van der Waals surface area contributed by atoms with Crippen LogP contribution in [0.25, 0.3) is 0 Å². The van der Waals surface area contributed by atoms with E-state index >= 15 is 0 Å². The average molecular weight is 234 g/mol. The van der Waals surface area contributed by atoms with Crippen LogP contribution in [0, 0.1) is 25.7 Å². The molecule has 0 rings (SSSR count). The topological polar surface area (TPSA) is 0 Å². The number of hydrogen-bond acceptors (Lipinski definition) is 0. The van der Waals surface area contributed by atoms with Crippen LogP contribution in [-0.2, 0) is 0 Å². The highest BCUT2D eigenvalue weighted by atomic mass is 13.9. The Morgan fingerprint density at radius 1 is 0.471 bits per heavy atom. The lowest BCUT2D eigenvalue weighted by Gasteiger charge is -1.96. The van der Waals surface area contributed by atoms with Gasteiger partial charge in [-0.25, -0.2) is 0 Å². The van der Waals surface area contributed by atoms with Gasteiger partial charge in [0.2, 0.25) is 0 Å². The van der Waals surface area contributed by atoms with E-state index in [0.29, 0.717) is 0 Å². The zero-order valence-electron chi connectivity index (χ0n) is 11.6. The van der Waals surface area contributed by atoms with Gasteiger partial charge in [-0.15, -0.1) is 11.8 Å². The first-order chi connectivity index (χ1) is 8.41. The van der Waals surface area contributed by atoms with Crippen molar-refractivity contribution in [1.82, 2.24) is 0 Å². The second-order valence-electron chi connectivity index (χ2n) is 4.74. The van der Waals surface area contributed by atoms with Gasteiger partial charge in [-0.1, -0.05) is 71.6 Å². The Kier molecular flexibility index (Phi) is 15.2. The maximum atomic E-state index is 3.85. The Balaban J connectivity index is 3.04. The van der Waals surface area contributed by atoms with Gasteiger partial charge in [0.15, 0.2) is 0 Å². The zero-order valence-corrected chi connectivity index (χ0v) is 11.6. The van der Waals surface area contributed by atoms with E-state index in [9.17, 15) is 0 Å². The fourth-order valence-corrected chi connectivity index (χ4v) is 1.84. The third kappa shape index (κ3) is 15.6. The summed E-state index contributed by atoms with van der Waals surface area (Å²) in [6, 6.07) is 0. The van der Waals surface area contributed by atoms with Gasteiger partial charge in [0.25, 0.3) is 0 Å². The van der Waals surface area contributed by atoms with Crippen molar-refractivity contribution in [2.24, 2.45) is 0 Å². The van der Waals surface area contributed by atoms with Crippen molar-refractivity contribution in [3.8, 4) is 11.8 Å². The fraction of sp³-hybridized carbons (Fsp3) is 0.765. The molecule has 0 aliphatic carbocycles. The Bertz CT molecular complexity index is 182. The summed E-state index contributed by atoms with van der Waals surface area (Å²) in [7, 11) is 0. The van der Waals surface area contributed by atoms with E-state index in [1.54, 1.807) is 0 Å². The molecule has 0 aliphatic heterocycles. The average Bonchev–Trinajstić information content (AvgIpc) is 2.35. The van der Waals surface area contributed by atoms with Crippen molar-refractivity contribution >= 4 is 0 Å². The predicted molar refractivity (Wildman–Crippen MR) is 78.5 cm³/mol. The van der Waals surface area contributed by atoms with Gasteiger partial charge in [0, 0.05) is 12.8 Å². The Hall–Kier alpha value is -0.440. The molecule has 0 spiro atoms. The summed E-state index contributed by atoms with van der Waals surface area (Å²) in [4.78, 5) is 0. The highest BCUT2D eigenvalue weighted by molar-refractivity contribution is 4.98. The highest BCUT2D eigenvalue weighted by Crippen LogP contribution is 2.06. The molecule has 0 nitrogen and oxygen atoms in total. The second kappa shape index (κ2) is 15.6. The predicted octanol–water partition coefficient (Wildman–Crippen LogP) is 5.73. The summed E-state index contributed by atoms with van der Waals surface area (Å²) >= 11 is 0. The number of hydrogen-bond donors (Lipinski definition) is 0. The maximum Gasteiger partial charge on any atom is 0.00886 e. The van der Waals surface area contributed by atoms with Gasteiger partial charge >= 0.3 is 0 Å². The van der Waals surface area contributed by atoms with E-state index < -0.39 is 0 Å². The molecular weight excluding hydrogens is 204 g/mol. The van der Waals surface area contributed by atoms with Gasteiger partial charge in [0.1, 0.15) is 0 Å². The van der Waals surface area contributed by atoms with Crippen LogP contribution in [0.1, 0.15) is 83.5 Å². The van der Waals surface area contributed by atoms with Crippen molar-refractivity contribution in [3.63, 3.8) is 0 Å². The molecule has 0 aromatic heterocycles. The minimum absolute atomic E-state index is 1.08. The molecule has 0 heterocycles. The summed E-state index contributed by atoms with van der Waals surface area (Å²) in [5.41, 5.74) is 0. The molecule has 0 aliphatic rings. The molecule has 0 atom stereocenters. The molecule has 0 amide bonds. The molecule has 0 aromatic carbocycles. The third-order valence-corrected chi connectivity index (χ3v) is 2.98. The number of rotatable bonds is 11. The van der Waals surface area contributed by atoms with Crippen LogP contribution in [0.2, 0.25) is 0 Å². The van der Waals surface area contributed by atoms with Crippen molar-refractivity contribution in [2.75, 3.05) is 0 Å². The zero-order chi connectivity index (χ0) is 12.6. The van der Waals surface area contributed by atoms with Crippen LogP contribution in [-0.4, -0.2) is 0 Å². The second-order valence-corrected chi connectivity index (χ2v) is 4.74. The SMILES string of the molecule is [CH2]CCCCCCC#CCCCCCCC[CH2]. The standard InChI is InChI=1S/C17H30/c1-3-5-7-9-11-13-15-17-16-14-12-10-8-6-4-2/h1-15H2. The van der Waals surface area contributed by atoms with Gasteiger partial charge in [-0.3, -0.25) is 0 Å². The smallest absolute Gasteiger partial charge is 0.00886 e. The molecule has 0 unspecified atom stereocenters. The van der Waals surface area contributed by atoms with Crippen molar-refractivity contribution in [2.45, 2.75) is 83.5 Å². The first-order valence-corrected chi connectivity index (χ1v) is 7.46. The van der Waals surface area contributed by atoms with E-state index in [-0.39, 0.29) is 0 Å². The minimum Gasteiger partial charge on any atom is -0.103 e. The molecule has 0 saturated carbocycles. The first kappa shape index (κ1) is 16.6. The molecule has 0 bridgehead atoms. The van der Waals surface area contributed by atoms with Gasteiger partial charge in [-0.05, 0) is 12.8 Å². The molecule has 0 aromatic rings. The summed E-state index contributed by atoms with van der Waals surface area (Å²) in [5.74, 6) is 6.58. The lowest BCUT2D eigenvalue weighted by molar-refractivity contribution is 0.624. The highest BCUT2D eigenvalue weighted by Gasteiger charge is 1.88. The van der Waals surface area contributed by atoms with Crippen molar-refractivity contribution < 1.29 is 0 Å². The number of unbranched alkanes of at least 4 members (excludes halogenated alkanes) is 11. The third-order valence-electron chi connectivity index (χ3n) is 2.98. The molecule has 0 heteroatoms. The van der Waals surface area contributed by atoms with Gasteiger partial charge < -0.3 is 0 Å². The van der Waals surface area contributed by atoms with E-state index in [1.807, 2.05) is 0 Å². The van der Waals surface area contributed by atoms with Crippen LogP contribution in [0.5, 0.6) is 0 Å². The van der Waals surface area contributed by atoms with Crippen LogP contribution >= 0.6 is 0 Å².